The molecule has 0 spiro atoms. The molecule has 2 aliphatic heterocycles. The second kappa shape index (κ2) is 7.49. The van der Waals surface area contributed by atoms with Gasteiger partial charge >= 0.3 is 18.6 Å². The van der Waals surface area contributed by atoms with E-state index in [-0.39, 0.29) is 23.0 Å². The third-order valence-corrected chi connectivity index (χ3v) is 4.12. The molecule has 0 bridgehead atoms. The van der Waals surface area contributed by atoms with E-state index >= 15 is 0 Å². The van der Waals surface area contributed by atoms with Crippen LogP contribution in [0.3, 0.4) is 0 Å². The Hall–Kier alpha value is -3.50. The minimum absolute atomic E-state index is 0.0342. The van der Waals surface area contributed by atoms with Crippen molar-refractivity contribution in [3.63, 3.8) is 0 Å². The van der Waals surface area contributed by atoms with Crippen LogP contribution in [0, 0.1) is 0 Å². The minimum Gasteiger partial charge on any atom is -0.437 e. The highest BCUT2D eigenvalue weighted by atomic mass is 19.3. The summed E-state index contributed by atoms with van der Waals surface area (Å²) < 4.78 is 55.2. The molecule has 0 aromatic heterocycles. The fourth-order valence-electron chi connectivity index (χ4n) is 2.94. The Kier molecular flexibility index (Phi) is 5.23. The van der Waals surface area contributed by atoms with E-state index in [9.17, 15) is 18.4 Å². The Labute approximate surface area is 163 Å². The highest BCUT2D eigenvalue weighted by molar-refractivity contribution is 5.65. The quantitative estimate of drug-likeness (QED) is 0.743. The van der Waals surface area contributed by atoms with Gasteiger partial charge in [0.25, 0.3) is 0 Å². The Morgan fingerprint density at radius 1 is 0.966 bits per heavy atom. The van der Waals surface area contributed by atoms with E-state index in [0.717, 1.165) is 14.2 Å². The molecule has 0 saturated heterocycles. The first-order valence-electron chi connectivity index (χ1n) is 8.25. The monoisotopic (exact) mass is 413 g/mol. The molecule has 0 fully saturated rings. The summed E-state index contributed by atoms with van der Waals surface area (Å²) >= 11 is 0. The van der Waals surface area contributed by atoms with Crippen LogP contribution >= 0.6 is 0 Å². The maximum atomic E-state index is 13.4. The van der Waals surface area contributed by atoms with Crippen molar-refractivity contribution in [2.45, 2.75) is 26.1 Å². The molecule has 1 N–H and O–H groups in total. The fraction of sp³-hybridized carbons (Fsp3) is 0.333. The summed E-state index contributed by atoms with van der Waals surface area (Å²) in [7, 11) is 2.25. The zero-order valence-corrected chi connectivity index (χ0v) is 15.8. The number of benzene rings is 1. The number of carbonyl (C=O) groups is 2. The first-order valence-corrected chi connectivity index (χ1v) is 8.25. The summed E-state index contributed by atoms with van der Waals surface area (Å²) in [5.74, 6) is -1.30. The second-order valence-electron chi connectivity index (χ2n) is 6.02. The number of alkyl halides is 2. The van der Waals surface area contributed by atoms with Crippen molar-refractivity contribution in [2.24, 2.45) is 0 Å². The van der Waals surface area contributed by atoms with Gasteiger partial charge < -0.3 is 33.7 Å². The molecule has 2 heterocycles. The molecule has 0 saturated carbocycles. The number of nitrogens with one attached hydrogen (secondary N) is 1. The van der Waals surface area contributed by atoms with E-state index in [2.05, 4.69) is 24.3 Å². The fourth-order valence-corrected chi connectivity index (χ4v) is 2.94. The molecule has 156 valence electrons. The standard InChI is InChI=1S/C18H17F2NO8/c1-8-14(26-16(22)24-3)13(15(9(2)21-8)27-17(23)25-4)10-5-6-11-12(7-10)29-18(19,20)28-11/h5-7,13,21H,1-4H3. The molecule has 1 aromatic rings. The predicted molar refractivity (Wildman–Crippen MR) is 90.9 cm³/mol. The molecular weight excluding hydrogens is 396 g/mol. The number of fused-ring (bicyclic) bond motifs is 1. The number of dihydropyridines is 1. The van der Waals surface area contributed by atoms with Gasteiger partial charge in [-0.25, -0.2) is 9.59 Å². The molecule has 3 rings (SSSR count). The summed E-state index contributed by atoms with van der Waals surface area (Å²) in [6, 6.07) is 3.99. The maximum Gasteiger partial charge on any atom is 0.586 e. The van der Waals surface area contributed by atoms with Crippen molar-refractivity contribution < 1.29 is 46.8 Å². The first kappa shape index (κ1) is 20.2. The Balaban J connectivity index is 2.08. The zero-order valence-electron chi connectivity index (χ0n) is 15.8. The SMILES string of the molecule is COC(=O)OC1=C(C)NC(C)=C(OC(=O)OC)C1c1ccc2c(c1)OC(F)(F)O2. The zero-order chi connectivity index (χ0) is 21.3. The Morgan fingerprint density at radius 3 is 2.00 bits per heavy atom. The van der Waals surface area contributed by atoms with Crippen molar-refractivity contribution in [1.29, 1.82) is 0 Å². The predicted octanol–water partition coefficient (Wildman–Crippen LogP) is 3.72. The van der Waals surface area contributed by atoms with Gasteiger partial charge in [0.05, 0.1) is 25.6 Å². The van der Waals surface area contributed by atoms with Crippen molar-refractivity contribution >= 4 is 12.3 Å². The van der Waals surface area contributed by atoms with Crippen LogP contribution in [-0.4, -0.2) is 32.8 Å². The number of halogens is 2. The van der Waals surface area contributed by atoms with Gasteiger partial charge in [0.2, 0.25) is 0 Å². The molecule has 0 amide bonds. The molecule has 2 aliphatic rings. The molecule has 0 radical (unpaired) electrons. The van der Waals surface area contributed by atoms with Gasteiger partial charge in [-0.15, -0.1) is 8.78 Å². The molecule has 0 unspecified atom stereocenters. The summed E-state index contributed by atoms with van der Waals surface area (Å²) in [5, 5.41) is 2.92. The summed E-state index contributed by atoms with van der Waals surface area (Å²) in [4.78, 5) is 23.5. The average molecular weight is 413 g/mol. The molecule has 11 heteroatoms. The van der Waals surface area contributed by atoms with Gasteiger partial charge in [0.15, 0.2) is 11.5 Å². The lowest BCUT2D eigenvalue weighted by molar-refractivity contribution is -0.286. The van der Waals surface area contributed by atoms with Gasteiger partial charge in [-0.05, 0) is 31.5 Å². The lowest BCUT2D eigenvalue weighted by atomic mass is 9.90. The van der Waals surface area contributed by atoms with Crippen LogP contribution < -0.4 is 14.8 Å². The molecule has 0 aliphatic carbocycles. The summed E-state index contributed by atoms with van der Waals surface area (Å²) in [6.45, 7) is 3.23. The van der Waals surface area contributed by atoms with Crippen LogP contribution in [0.5, 0.6) is 11.5 Å². The molecule has 29 heavy (non-hydrogen) atoms. The molecule has 1 aromatic carbocycles. The highest BCUT2D eigenvalue weighted by Crippen LogP contribution is 2.46. The van der Waals surface area contributed by atoms with E-state index in [1.807, 2.05) is 0 Å². The number of rotatable bonds is 3. The van der Waals surface area contributed by atoms with Gasteiger partial charge in [-0.2, -0.15) is 0 Å². The normalized spacial score (nSPS) is 17.6. The summed E-state index contributed by atoms with van der Waals surface area (Å²) in [6.07, 6.45) is -5.84. The van der Waals surface area contributed by atoms with Crippen LogP contribution in [0.1, 0.15) is 25.3 Å². The van der Waals surface area contributed by atoms with Crippen molar-refractivity contribution in [3.8, 4) is 11.5 Å². The van der Waals surface area contributed by atoms with Crippen molar-refractivity contribution in [3.05, 3.63) is 46.7 Å². The largest absolute Gasteiger partial charge is 0.586 e. The smallest absolute Gasteiger partial charge is 0.437 e. The van der Waals surface area contributed by atoms with Crippen LogP contribution in [0.25, 0.3) is 0 Å². The highest BCUT2D eigenvalue weighted by Gasteiger charge is 2.44. The number of ether oxygens (including phenoxy) is 6. The maximum absolute atomic E-state index is 13.4. The Bertz CT molecular complexity index is 884. The second-order valence-corrected chi connectivity index (χ2v) is 6.02. The van der Waals surface area contributed by atoms with Gasteiger partial charge in [0, 0.05) is 0 Å². The lowest BCUT2D eigenvalue weighted by Gasteiger charge is -2.30. The first-order chi connectivity index (χ1) is 13.6. The average Bonchev–Trinajstić information content (AvgIpc) is 2.98. The lowest BCUT2D eigenvalue weighted by Crippen LogP contribution is -2.29. The van der Waals surface area contributed by atoms with E-state index in [4.69, 9.17) is 9.47 Å². The molecule has 9 nitrogen and oxygen atoms in total. The number of allylic oxidation sites excluding steroid dienone is 2. The van der Waals surface area contributed by atoms with E-state index < -0.39 is 24.5 Å². The van der Waals surface area contributed by atoms with Crippen LogP contribution in [0.2, 0.25) is 0 Å². The van der Waals surface area contributed by atoms with E-state index in [1.165, 1.54) is 18.2 Å². The van der Waals surface area contributed by atoms with Crippen LogP contribution in [-0.2, 0) is 18.9 Å². The van der Waals surface area contributed by atoms with Crippen LogP contribution in [0.4, 0.5) is 18.4 Å². The summed E-state index contributed by atoms with van der Waals surface area (Å²) in [5.41, 5.74) is 1.15. The number of hydrogen-bond acceptors (Lipinski definition) is 9. The Morgan fingerprint density at radius 2 is 1.48 bits per heavy atom. The third-order valence-electron chi connectivity index (χ3n) is 4.12. The number of carbonyl (C=O) groups excluding carboxylic acids is 2. The van der Waals surface area contributed by atoms with Gasteiger partial charge in [-0.3, -0.25) is 0 Å². The van der Waals surface area contributed by atoms with E-state index in [1.54, 1.807) is 13.8 Å². The van der Waals surface area contributed by atoms with Gasteiger partial charge in [-0.1, -0.05) is 6.07 Å². The third kappa shape index (κ3) is 4.03. The van der Waals surface area contributed by atoms with Crippen molar-refractivity contribution in [2.75, 3.05) is 14.2 Å². The van der Waals surface area contributed by atoms with Crippen LogP contribution in [0.15, 0.2) is 41.1 Å². The number of methoxy groups -OCH3 is 2. The topological polar surface area (TPSA) is 102 Å². The number of hydrogen-bond donors (Lipinski definition) is 1. The van der Waals surface area contributed by atoms with Crippen molar-refractivity contribution in [1.82, 2.24) is 5.32 Å². The van der Waals surface area contributed by atoms with Gasteiger partial charge in [0.1, 0.15) is 17.4 Å². The van der Waals surface area contributed by atoms with E-state index in [0.29, 0.717) is 17.0 Å². The molecule has 0 atom stereocenters. The molecular formula is C18H17F2NO8. The minimum atomic E-state index is -3.80.